The van der Waals surface area contributed by atoms with E-state index in [9.17, 15) is 13.2 Å². The van der Waals surface area contributed by atoms with Gasteiger partial charge in [-0.3, -0.25) is 4.79 Å². The summed E-state index contributed by atoms with van der Waals surface area (Å²) in [5.74, 6) is 0.382. The van der Waals surface area contributed by atoms with Gasteiger partial charge in [0.05, 0.1) is 10.5 Å². The van der Waals surface area contributed by atoms with Gasteiger partial charge in [0.2, 0.25) is 10.0 Å². The number of piperidine rings is 1. The van der Waals surface area contributed by atoms with Crippen molar-refractivity contribution in [3.05, 3.63) is 60.2 Å². The quantitative estimate of drug-likeness (QED) is 0.674. The molecule has 1 heterocycles. The number of hydrogen-bond acceptors (Lipinski definition) is 4. The van der Waals surface area contributed by atoms with Gasteiger partial charge in [-0.25, -0.2) is 13.1 Å². The first kappa shape index (κ1) is 22.3. The highest BCUT2D eigenvalue weighted by Gasteiger charge is 2.26. The van der Waals surface area contributed by atoms with Crippen molar-refractivity contribution in [2.45, 2.75) is 44.0 Å². The third-order valence-corrected chi connectivity index (χ3v) is 7.20. The van der Waals surface area contributed by atoms with Crippen LogP contribution in [0.1, 0.15) is 43.5 Å². The van der Waals surface area contributed by atoms with E-state index in [0.29, 0.717) is 44.0 Å². The van der Waals surface area contributed by atoms with E-state index >= 15 is 0 Å². The normalized spacial score (nSPS) is 16.3. The number of para-hydroxylation sites is 1. The van der Waals surface area contributed by atoms with E-state index in [1.807, 2.05) is 24.3 Å². The summed E-state index contributed by atoms with van der Waals surface area (Å²) in [7, 11) is -3.51. The Hall–Kier alpha value is -2.38. The SMILES string of the molecule is CCC(C)CNC(=O)c1ccccc1N1CCC(NS(=O)(=O)c2ccccc2)CC1. The molecule has 1 unspecified atom stereocenters. The molecule has 0 bridgehead atoms. The van der Waals surface area contributed by atoms with Gasteiger partial charge in [-0.15, -0.1) is 0 Å². The molecular formula is C23H31N3O3S. The number of carbonyl (C=O) groups is 1. The van der Waals surface area contributed by atoms with Crippen molar-refractivity contribution in [2.75, 3.05) is 24.5 Å². The summed E-state index contributed by atoms with van der Waals surface area (Å²) in [6, 6.07) is 16.0. The van der Waals surface area contributed by atoms with Crippen molar-refractivity contribution in [1.29, 1.82) is 0 Å². The molecule has 1 saturated heterocycles. The fraction of sp³-hybridized carbons (Fsp3) is 0.435. The Morgan fingerprint density at radius 2 is 1.70 bits per heavy atom. The maximum absolute atomic E-state index is 12.7. The molecule has 2 aromatic carbocycles. The van der Waals surface area contributed by atoms with Gasteiger partial charge in [0.15, 0.2) is 0 Å². The Kier molecular flexibility index (Phi) is 7.50. The zero-order valence-electron chi connectivity index (χ0n) is 17.7. The van der Waals surface area contributed by atoms with E-state index in [-0.39, 0.29) is 16.8 Å². The highest BCUT2D eigenvalue weighted by atomic mass is 32.2. The van der Waals surface area contributed by atoms with Crippen LogP contribution < -0.4 is 14.9 Å². The van der Waals surface area contributed by atoms with Crippen LogP contribution in [0.15, 0.2) is 59.5 Å². The minimum atomic E-state index is -3.51. The van der Waals surface area contributed by atoms with Crippen molar-refractivity contribution in [1.82, 2.24) is 10.0 Å². The third-order valence-electron chi connectivity index (χ3n) is 5.67. The second kappa shape index (κ2) is 10.1. The number of sulfonamides is 1. The summed E-state index contributed by atoms with van der Waals surface area (Å²) in [5.41, 5.74) is 1.58. The predicted molar refractivity (Wildman–Crippen MR) is 120 cm³/mol. The Balaban J connectivity index is 1.62. The Morgan fingerprint density at radius 1 is 1.07 bits per heavy atom. The molecular weight excluding hydrogens is 398 g/mol. The predicted octanol–water partition coefficient (Wildman–Crippen LogP) is 3.41. The number of anilines is 1. The second-order valence-electron chi connectivity index (χ2n) is 7.94. The molecule has 1 atom stereocenters. The molecule has 6 nitrogen and oxygen atoms in total. The molecule has 3 rings (SSSR count). The van der Waals surface area contributed by atoms with Gasteiger partial charge in [0, 0.05) is 31.4 Å². The number of nitrogens with one attached hydrogen (secondary N) is 2. The smallest absolute Gasteiger partial charge is 0.253 e. The van der Waals surface area contributed by atoms with E-state index in [1.165, 1.54) is 0 Å². The average Bonchev–Trinajstić information content (AvgIpc) is 2.78. The first-order valence-corrected chi connectivity index (χ1v) is 12.1. The van der Waals surface area contributed by atoms with Gasteiger partial charge < -0.3 is 10.2 Å². The van der Waals surface area contributed by atoms with Crippen LogP contribution in [0.3, 0.4) is 0 Å². The maximum Gasteiger partial charge on any atom is 0.253 e. The molecule has 2 N–H and O–H groups in total. The molecule has 1 fully saturated rings. The van der Waals surface area contributed by atoms with Crippen LogP contribution in [0.2, 0.25) is 0 Å². The van der Waals surface area contributed by atoms with Gasteiger partial charge in [-0.1, -0.05) is 50.6 Å². The molecule has 1 amide bonds. The molecule has 0 aliphatic carbocycles. The van der Waals surface area contributed by atoms with Crippen molar-refractivity contribution in [2.24, 2.45) is 5.92 Å². The third kappa shape index (κ3) is 5.61. The lowest BCUT2D eigenvalue weighted by Gasteiger charge is -2.34. The molecule has 1 aliphatic heterocycles. The molecule has 0 saturated carbocycles. The lowest BCUT2D eigenvalue weighted by molar-refractivity contribution is 0.0948. The zero-order chi connectivity index (χ0) is 21.6. The first-order valence-electron chi connectivity index (χ1n) is 10.6. The minimum Gasteiger partial charge on any atom is -0.371 e. The number of nitrogens with zero attached hydrogens (tertiary/aromatic N) is 1. The number of hydrogen-bond donors (Lipinski definition) is 2. The van der Waals surface area contributed by atoms with Crippen LogP contribution >= 0.6 is 0 Å². The topological polar surface area (TPSA) is 78.5 Å². The van der Waals surface area contributed by atoms with Gasteiger partial charge in [-0.2, -0.15) is 0 Å². The Morgan fingerprint density at radius 3 is 2.37 bits per heavy atom. The van der Waals surface area contributed by atoms with Crippen molar-refractivity contribution < 1.29 is 13.2 Å². The van der Waals surface area contributed by atoms with Crippen molar-refractivity contribution in [3.63, 3.8) is 0 Å². The number of amides is 1. The lowest BCUT2D eigenvalue weighted by Crippen LogP contribution is -2.45. The largest absolute Gasteiger partial charge is 0.371 e. The highest BCUT2D eigenvalue weighted by Crippen LogP contribution is 2.25. The summed E-state index contributed by atoms with van der Waals surface area (Å²) in [6.45, 7) is 6.27. The van der Waals surface area contributed by atoms with Gasteiger partial charge in [0.1, 0.15) is 0 Å². The number of benzene rings is 2. The van der Waals surface area contributed by atoms with E-state index in [1.54, 1.807) is 30.3 Å². The van der Waals surface area contributed by atoms with Crippen LogP contribution in [0, 0.1) is 5.92 Å². The van der Waals surface area contributed by atoms with E-state index in [4.69, 9.17) is 0 Å². The van der Waals surface area contributed by atoms with Crippen molar-refractivity contribution in [3.8, 4) is 0 Å². The molecule has 7 heteroatoms. The second-order valence-corrected chi connectivity index (χ2v) is 9.65. The van der Waals surface area contributed by atoms with E-state index < -0.39 is 10.0 Å². The minimum absolute atomic E-state index is 0.0576. The fourth-order valence-electron chi connectivity index (χ4n) is 3.57. The average molecular weight is 430 g/mol. The Bertz CT molecular complexity index is 939. The molecule has 0 aromatic heterocycles. The van der Waals surface area contributed by atoms with Gasteiger partial charge in [-0.05, 0) is 43.0 Å². The number of rotatable bonds is 8. The fourth-order valence-corrected chi connectivity index (χ4v) is 4.90. The number of carbonyl (C=O) groups excluding carboxylic acids is 1. The summed E-state index contributed by atoms with van der Waals surface area (Å²) in [6.07, 6.45) is 2.40. The standard InChI is InChI=1S/C23H31N3O3S/c1-3-18(2)17-24-23(27)21-11-7-8-12-22(21)26-15-13-19(14-16-26)25-30(28,29)20-9-5-4-6-10-20/h4-12,18-19,25H,3,13-17H2,1-2H3,(H,24,27). The summed E-state index contributed by atoms with van der Waals surface area (Å²) in [4.78, 5) is 15.2. The molecule has 30 heavy (non-hydrogen) atoms. The van der Waals surface area contributed by atoms with Gasteiger partial charge in [0.25, 0.3) is 5.91 Å². The van der Waals surface area contributed by atoms with Crippen molar-refractivity contribution >= 4 is 21.6 Å². The molecule has 1 aliphatic rings. The van der Waals surface area contributed by atoms with E-state index in [0.717, 1.165) is 12.1 Å². The highest BCUT2D eigenvalue weighted by molar-refractivity contribution is 7.89. The van der Waals surface area contributed by atoms with Crippen LogP contribution in [0.25, 0.3) is 0 Å². The molecule has 0 spiro atoms. The Labute approximate surface area is 179 Å². The molecule has 2 aromatic rings. The summed E-state index contributed by atoms with van der Waals surface area (Å²) >= 11 is 0. The van der Waals surface area contributed by atoms with Crippen LogP contribution in [-0.4, -0.2) is 40.0 Å². The maximum atomic E-state index is 12.7. The van der Waals surface area contributed by atoms with Crippen LogP contribution in [0.5, 0.6) is 0 Å². The summed E-state index contributed by atoms with van der Waals surface area (Å²) < 4.78 is 28.0. The lowest BCUT2D eigenvalue weighted by atomic mass is 10.0. The van der Waals surface area contributed by atoms with Gasteiger partial charge >= 0.3 is 0 Å². The molecule has 0 radical (unpaired) electrons. The monoisotopic (exact) mass is 429 g/mol. The molecule has 162 valence electrons. The zero-order valence-corrected chi connectivity index (χ0v) is 18.5. The first-order chi connectivity index (χ1) is 14.4. The van der Waals surface area contributed by atoms with E-state index in [2.05, 4.69) is 28.8 Å². The summed E-state index contributed by atoms with van der Waals surface area (Å²) in [5, 5.41) is 3.03. The van der Waals surface area contributed by atoms with Crippen LogP contribution in [0.4, 0.5) is 5.69 Å². The van der Waals surface area contributed by atoms with Crippen LogP contribution in [-0.2, 0) is 10.0 Å².